The summed E-state index contributed by atoms with van der Waals surface area (Å²) in [6, 6.07) is 2.43. The normalized spacial score (nSPS) is 20.4. The van der Waals surface area contributed by atoms with Gasteiger partial charge in [0.25, 0.3) is 0 Å². The van der Waals surface area contributed by atoms with Crippen molar-refractivity contribution in [3.63, 3.8) is 0 Å². The molecule has 1 aromatic rings. The van der Waals surface area contributed by atoms with Gasteiger partial charge in [0.2, 0.25) is 5.95 Å². The first-order chi connectivity index (χ1) is 8.19. The van der Waals surface area contributed by atoms with Gasteiger partial charge >= 0.3 is 0 Å². The zero-order valence-corrected chi connectivity index (χ0v) is 10.4. The number of rotatable bonds is 3. The lowest BCUT2D eigenvalue weighted by Crippen LogP contribution is -2.49. The number of aromatic nitrogens is 2. The van der Waals surface area contributed by atoms with Crippen LogP contribution in [0.15, 0.2) is 6.07 Å². The van der Waals surface area contributed by atoms with Crippen molar-refractivity contribution in [3.8, 4) is 0 Å². The number of anilines is 3. The van der Waals surface area contributed by atoms with Crippen molar-refractivity contribution in [2.45, 2.75) is 19.9 Å². The molecule has 1 saturated heterocycles. The Morgan fingerprint density at radius 2 is 2.41 bits per heavy atom. The summed E-state index contributed by atoms with van der Waals surface area (Å²) < 4.78 is 0. The lowest BCUT2D eigenvalue weighted by molar-refractivity contribution is 0.482. The number of hydrogen-bond acceptors (Lipinski definition) is 6. The molecule has 0 bridgehead atoms. The third-order valence-electron chi connectivity index (χ3n) is 2.78. The van der Waals surface area contributed by atoms with Crippen LogP contribution in [0.5, 0.6) is 0 Å². The van der Waals surface area contributed by atoms with E-state index in [0.29, 0.717) is 12.0 Å². The standard InChI is InChI=1S/C11H20N6/c1-3-13-9-6-10(16-11(12)15-9)17-5-4-14-8(2)7-17/h6,8,14H,3-5,7H2,1-2H3,(H3,12,13,15,16)/t8-/m0/s1. The fourth-order valence-corrected chi connectivity index (χ4v) is 2.03. The predicted octanol–water partition coefficient (Wildman–Crippen LogP) is 0.289. The number of piperazine rings is 1. The molecule has 0 saturated carbocycles. The summed E-state index contributed by atoms with van der Waals surface area (Å²) in [5.41, 5.74) is 5.73. The van der Waals surface area contributed by atoms with E-state index < -0.39 is 0 Å². The van der Waals surface area contributed by atoms with E-state index in [-0.39, 0.29) is 0 Å². The van der Waals surface area contributed by atoms with Crippen molar-refractivity contribution in [1.29, 1.82) is 0 Å². The Balaban J connectivity index is 2.18. The zero-order valence-electron chi connectivity index (χ0n) is 10.4. The Kier molecular flexibility index (Phi) is 3.63. The maximum Gasteiger partial charge on any atom is 0.223 e. The molecule has 2 heterocycles. The van der Waals surface area contributed by atoms with Crippen LogP contribution >= 0.6 is 0 Å². The molecule has 1 aliphatic heterocycles. The molecule has 0 aliphatic carbocycles. The minimum atomic E-state index is 0.324. The Labute approximate surface area is 102 Å². The van der Waals surface area contributed by atoms with Crippen LogP contribution in [0.1, 0.15) is 13.8 Å². The van der Waals surface area contributed by atoms with E-state index in [9.17, 15) is 0 Å². The molecule has 1 aromatic heterocycles. The van der Waals surface area contributed by atoms with E-state index in [1.165, 1.54) is 0 Å². The van der Waals surface area contributed by atoms with Crippen molar-refractivity contribution in [2.75, 3.05) is 42.1 Å². The van der Waals surface area contributed by atoms with Gasteiger partial charge in [0.1, 0.15) is 11.6 Å². The van der Waals surface area contributed by atoms with E-state index in [4.69, 9.17) is 5.73 Å². The van der Waals surface area contributed by atoms with Crippen molar-refractivity contribution < 1.29 is 0 Å². The van der Waals surface area contributed by atoms with Crippen molar-refractivity contribution >= 4 is 17.6 Å². The largest absolute Gasteiger partial charge is 0.370 e. The molecule has 1 fully saturated rings. The van der Waals surface area contributed by atoms with Gasteiger partial charge in [-0.15, -0.1) is 0 Å². The highest BCUT2D eigenvalue weighted by molar-refractivity contribution is 5.52. The van der Waals surface area contributed by atoms with Crippen LogP contribution in [0.2, 0.25) is 0 Å². The molecular weight excluding hydrogens is 216 g/mol. The van der Waals surface area contributed by atoms with Gasteiger partial charge in [-0.25, -0.2) is 0 Å². The Hall–Kier alpha value is -1.56. The molecule has 1 aliphatic rings. The number of nitrogen functional groups attached to an aromatic ring is 1. The lowest BCUT2D eigenvalue weighted by Gasteiger charge is -2.32. The van der Waals surface area contributed by atoms with Gasteiger partial charge < -0.3 is 21.3 Å². The van der Waals surface area contributed by atoms with Gasteiger partial charge in [0, 0.05) is 38.3 Å². The molecule has 1 atom stereocenters. The van der Waals surface area contributed by atoms with Gasteiger partial charge in [0.15, 0.2) is 0 Å². The van der Waals surface area contributed by atoms with Crippen LogP contribution in [0.3, 0.4) is 0 Å². The molecule has 0 unspecified atom stereocenters. The number of hydrogen-bond donors (Lipinski definition) is 3. The summed E-state index contributed by atoms with van der Waals surface area (Å²) in [6.07, 6.45) is 0. The first-order valence-electron chi connectivity index (χ1n) is 6.06. The second-order valence-electron chi connectivity index (χ2n) is 4.30. The number of nitrogens with zero attached hydrogens (tertiary/aromatic N) is 3. The molecule has 0 spiro atoms. The molecule has 0 radical (unpaired) electrons. The number of nitrogens with two attached hydrogens (primary N) is 1. The van der Waals surface area contributed by atoms with Gasteiger partial charge in [0.05, 0.1) is 0 Å². The Morgan fingerprint density at radius 1 is 1.59 bits per heavy atom. The third-order valence-corrected chi connectivity index (χ3v) is 2.78. The SMILES string of the molecule is CCNc1cc(N2CCN[C@@H](C)C2)nc(N)n1. The van der Waals surface area contributed by atoms with Crippen LogP contribution in [-0.2, 0) is 0 Å². The summed E-state index contributed by atoms with van der Waals surface area (Å²) in [5.74, 6) is 2.02. The molecule has 6 heteroatoms. The summed E-state index contributed by atoms with van der Waals surface area (Å²) in [5, 5.41) is 6.57. The van der Waals surface area contributed by atoms with Crippen LogP contribution in [0, 0.1) is 0 Å². The molecule has 0 aromatic carbocycles. The average molecular weight is 236 g/mol. The molecule has 0 amide bonds. The first-order valence-corrected chi connectivity index (χ1v) is 6.06. The maximum absolute atomic E-state index is 5.73. The first kappa shape index (κ1) is 11.9. The van der Waals surface area contributed by atoms with Crippen LogP contribution < -0.4 is 21.3 Å². The molecule has 6 nitrogen and oxygen atoms in total. The lowest BCUT2D eigenvalue weighted by atomic mass is 10.2. The molecule has 4 N–H and O–H groups in total. The van der Waals surface area contributed by atoms with E-state index in [0.717, 1.165) is 37.8 Å². The highest BCUT2D eigenvalue weighted by atomic mass is 15.3. The molecule has 2 rings (SSSR count). The molecule has 17 heavy (non-hydrogen) atoms. The monoisotopic (exact) mass is 236 g/mol. The zero-order chi connectivity index (χ0) is 12.3. The minimum absolute atomic E-state index is 0.324. The fourth-order valence-electron chi connectivity index (χ4n) is 2.03. The van der Waals surface area contributed by atoms with Gasteiger partial charge in [-0.1, -0.05) is 0 Å². The smallest absolute Gasteiger partial charge is 0.223 e. The quantitative estimate of drug-likeness (QED) is 0.700. The predicted molar refractivity (Wildman–Crippen MR) is 70.3 cm³/mol. The van der Waals surface area contributed by atoms with Crippen molar-refractivity contribution in [1.82, 2.24) is 15.3 Å². The van der Waals surface area contributed by atoms with E-state index in [1.54, 1.807) is 0 Å². The van der Waals surface area contributed by atoms with Crippen LogP contribution in [0.4, 0.5) is 17.6 Å². The fraction of sp³-hybridized carbons (Fsp3) is 0.636. The van der Waals surface area contributed by atoms with Gasteiger partial charge in [-0.3, -0.25) is 0 Å². The van der Waals surface area contributed by atoms with Crippen LogP contribution in [-0.4, -0.2) is 42.2 Å². The summed E-state index contributed by atoms with van der Waals surface area (Å²) in [4.78, 5) is 10.7. The highest BCUT2D eigenvalue weighted by Crippen LogP contribution is 2.18. The third kappa shape index (κ3) is 2.97. The van der Waals surface area contributed by atoms with E-state index in [2.05, 4.69) is 32.4 Å². The van der Waals surface area contributed by atoms with Crippen molar-refractivity contribution in [3.05, 3.63) is 6.07 Å². The van der Waals surface area contributed by atoms with Crippen molar-refractivity contribution in [2.24, 2.45) is 0 Å². The Morgan fingerprint density at radius 3 is 3.12 bits per heavy atom. The Bertz CT molecular complexity index is 380. The summed E-state index contributed by atoms with van der Waals surface area (Å²) in [7, 11) is 0. The number of nitrogens with one attached hydrogen (secondary N) is 2. The molecule has 94 valence electrons. The maximum atomic E-state index is 5.73. The molecular formula is C11H20N6. The highest BCUT2D eigenvalue weighted by Gasteiger charge is 2.17. The van der Waals surface area contributed by atoms with Gasteiger partial charge in [-0.05, 0) is 13.8 Å². The van der Waals surface area contributed by atoms with Crippen LogP contribution in [0.25, 0.3) is 0 Å². The summed E-state index contributed by atoms with van der Waals surface area (Å²) >= 11 is 0. The second-order valence-corrected chi connectivity index (χ2v) is 4.30. The van der Waals surface area contributed by atoms with E-state index >= 15 is 0 Å². The average Bonchev–Trinajstić information content (AvgIpc) is 2.28. The summed E-state index contributed by atoms with van der Waals surface area (Å²) in [6.45, 7) is 7.90. The van der Waals surface area contributed by atoms with E-state index in [1.807, 2.05) is 13.0 Å². The topological polar surface area (TPSA) is 79.1 Å². The van der Waals surface area contributed by atoms with Gasteiger partial charge in [-0.2, -0.15) is 9.97 Å². The minimum Gasteiger partial charge on any atom is -0.370 e. The second kappa shape index (κ2) is 5.18.